The first-order chi connectivity index (χ1) is 13.9. The molecule has 0 aromatic heterocycles. The average molecular weight is 421 g/mol. The Morgan fingerprint density at radius 1 is 1.07 bits per heavy atom. The summed E-state index contributed by atoms with van der Waals surface area (Å²) >= 11 is 0. The van der Waals surface area contributed by atoms with Crippen LogP contribution < -0.4 is 24.8 Å². The van der Waals surface area contributed by atoms with E-state index in [0.29, 0.717) is 30.6 Å². The number of nitrogens with one attached hydrogen (secondary N) is 3. The number of rotatable bonds is 9. The summed E-state index contributed by atoms with van der Waals surface area (Å²) in [7, 11) is -0.317. The molecule has 8 nitrogen and oxygen atoms in total. The largest absolute Gasteiger partial charge is 0.493 e. The Hall–Kier alpha value is -2.78. The van der Waals surface area contributed by atoms with Crippen LogP contribution in [-0.2, 0) is 10.0 Å². The molecule has 0 saturated heterocycles. The molecule has 9 heteroatoms. The number of sulfonamides is 1. The quantitative estimate of drug-likeness (QED) is 0.327. The summed E-state index contributed by atoms with van der Waals surface area (Å²) in [5, 5.41) is 6.21. The first-order valence-electron chi connectivity index (χ1n) is 9.24. The highest BCUT2D eigenvalue weighted by Crippen LogP contribution is 2.30. The molecule has 0 spiro atoms. The molecule has 0 saturated carbocycles. The zero-order valence-corrected chi connectivity index (χ0v) is 18.0. The smallest absolute Gasteiger partial charge is 0.240 e. The van der Waals surface area contributed by atoms with Crippen molar-refractivity contribution in [2.45, 2.75) is 18.7 Å². The van der Waals surface area contributed by atoms with Crippen LogP contribution in [-0.4, -0.2) is 48.2 Å². The van der Waals surface area contributed by atoms with Crippen molar-refractivity contribution in [2.24, 2.45) is 4.99 Å². The fraction of sp³-hybridized carbons (Fsp3) is 0.350. The van der Waals surface area contributed by atoms with E-state index in [1.54, 1.807) is 44.5 Å². The normalized spacial score (nSPS) is 11.8. The van der Waals surface area contributed by atoms with Crippen LogP contribution in [0.15, 0.2) is 52.4 Å². The maximum atomic E-state index is 12.3. The lowest BCUT2D eigenvalue weighted by Crippen LogP contribution is -2.37. The molecule has 0 unspecified atom stereocenters. The molecule has 158 valence electrons. The molecule has 0 heterocycles. The van der Waals surface area contributed by atoms with E-state index in [1.165, 1.54) is 0 Å². The summed E-state index contributed by atoms with van der Waals surface area (Å²) in [6.07, 6.45) is 0. The van der Waals surface area contributed by atoms with Crippen LogP contribution in [0.1, 0.15) is 12.5 Å². The zero-order valence-electron chi connectivity index (χ0n) is 17.2. The second-order valence-corrected chi connectivity index (χ2v) is 7.90. The number of hydrogen-bond acceptors (Lipinski definition) is 5. The van der Waals surface area contributed by atoms with Crippen molar-refractivity contribution in [1.82, 2.24) is 10.0 Å². The molecule has 2 aromatic rings. The number of nitrogens with zero attached hydrogens (tertiary/aromatic N) is 1. The molecule has 0 fully saturated rings. The fourth-order valence-electron chi connectivity index (χ4n) is 2.51. The Morgan fingerprint density at radius 3 is 2.41 bits per heavy atom. The fourth-order valence-corrected chi connectivity index (χ4v) is 3.54. The van der Waals surface area contributed by atoms with Crippen LogP contribution >= 0.6 is 0 Å². The van der Waals surface area contributed by atoms with Gasteiger partial charge in [-0.3, -0.25) is 4.99 Å². The molecule has 3 N–H and O–H groups in total. The number of benzene rings is 2. The Balaban J connectivity index is 1.89. The van der Waals surface area contributed by atoms with Gasteiger partial charge in [-0.05, 0) is 38.1 Å². The molecule has 29 heavy (non-hydrogen) atoms. The van der Waals surface area contributed by atoms with Gasteiger partial charge in [-0.25, -0.2) is 13.1 Å². The topological polar surface area (TPSA) is 101 Å². The number of aryl methyl sites for hydroxylation is 1. The van der Waals surface area contributed by atoms with E-state index in [0.717, 1.165) is 11.3 Å². The minimum atomic E-state index is -3.54. The van der Waals surface area contributed by atoms with E-state index in [-0.39, 0.29) is 11.4 Å². The van der Waals surface area contributed by atoms with Gasteiger partial charge in [-0.1, -0.05) is 17.7 Å². The van der Waals surface area contributed by atoms with Crippen molar-refractivity contribution in [3.05, 3.63) is 48.0 Å². The molecule has 0 amide bonds. The van der Waals surface area contributed by atoms with Crippen molar-refractivity contribution in [2.75, 3.05) is 39.2 Å². The minimum absolute atomic E-state index is 0.212. The molecule has 0 aliphatic carbocycles. The predicted octanol–water partition coefficient (Wildman–Crippen LogP) is 2.37. The molecule has 2 rings (SSSR count). The molecular formula is C20H28N4O4S. The van der Waals surface area contributed by atoms with E-state index in [4.69, 9.17) is 9.47 Å². The van der Waals surface area contributed by atoms with Gasteiger partial charge in [0.15, 0.2) is 17.5 Å². The summed E-state index contributed by atoms with van der Waals surface area (Å²) in [4.78, 5) is 4.39. The second-order valence-electron chi connectivity index (χ2n) is 6.13. The molecule has 0 bridgehead atoms. The lowest BCUT2D eigenvalue weighted by molar-refractivity contribution is 0.311. The van der Waals surface area contributed by atoms with Gasteiger partial charge in [0.25, 0.3) is 0 Å². The van der Waals surface area contributed by atoms with E-state index in [9.17, 15) is 8.42 Å². The van der Waals surface area contributed by atoms with Crippen LogP contribution in [0.2, 0.25) is 0 Å². The van der Waals surface area contributed by atoms with Gasteiger partial charge in [-0.15, -0.1) is 0 Å². The van der Waals surface area contributed by atoms with Crippen LogP contribution in [0, 0.1) is 6.92 Å². The van der Waals surface area contributed by atoms with Crippen molar-refractivity contribution in [3.8, 4) is 11.5 Å². The summed E-state index contributed by atoms with van der Waals surface area (Å²) < 4.78 is 38.0. The molecule has 2 aromatic carbocycles. The third kappa shape index (κ3) is 6.65. The van der Waals surface area contributed by atoms with Gasteiger partial charge in [0.1, 0.15) is 0 Å². The summed E-state index contributed by atoms with van der Waals surface area (Å²) in [5.41, 5.74) is 1.77. The van der Waals surface area contributed by atoms with Crippen molar-refractivity contribution in [3.63, 3.8) is 0 Å². The standard InChI is InChI=1S/C20H28N4O4S/c1-5-28-19-14-16(8-11-18(19)27-4)24-20(21-3)22-12-13-23-29(25,26)17-9-6-15(2)7-10-17/h6-11,14,23H,5,12-13H2,1-4H3,(H2,21,22,24). The molecule has 0 aliphatic rings. The average Bonchev–Trinajstić information content (AvgIpc) is 2.71. The lowest BCUT2D eigenvalue weighted by atomic mass is 10.2. The zero-order chi connectivity index (χ0) is 21.3. The third-order valence-corrected chi connectivity index (χ3v) is 5.47. The number of ether oxygens (including phenoxy) is 2. The van der Waals surface area contributed by atoms with Gasteiger partial charge in [0.2, 0.25) is 10.0 Å². The van der Waals surface area contributed by atoms with Crippen molar-refractivity contribution < 1.29 is 17.9 Å². The number of anilines is 1. The number of guanidine groups is 1. The van der Waals surface area contributed by atoms with Gasteiger partial charge in [-0.2, -0.15) is 0 Å². The van der Waals surface area contributed by atoms with Crippen LogP contribution in [0.25, 0.3) is 0 Å². The van der Waals surface area contributed by atoms with Crippen LogP contribution in [0.5, 0.6) is 11.5 Å². The highest BCUT2D eigenvalue weighted by molar-refractivity contribution is 7.89. The van der Waals surface area contributed by atoms with E-state index < -0.39 is 10.0 Å². The SMILES string of the molecule is CCOc1cc(NC(=NC)NCCNS(=O)(=O)c2ccc(C)cc2)ccc1OC. The van der Waals surface area contributed by atoms with E-state index in [1.807, 2.05) is 26.0 Å². The summed E-state index contributed by atoms with van der Waals surface area (Å²) in [6.45, 7) is 4.90. The maximum absolute atomic E-state index is 12.3. The van der Waals surface area contributed by atoms with Gasteiger partial charge >= 0.3 is 0 Å². The third-order valence-electron chi connectivity index (χ3n) is 3.99. The summed E-state index contributed by atoms with van der Waals surface area (Å²) in [6, 6.07) is 12.2. The summed E-state index contributed by atoms with van der Waals surface area (Å²) in [5.74, 6) is 1.78. The monoisotopic (exact) mass is 420 g/mol. The highest BCUT2D eigenvalue weighted by Gasteiger charge is 2.13. The Kier molecular flexibility index (Phi) is 8.29. The van der Waals surface area contributed by atoms with Gasteiger partial charge in [0.05, 0.1) is 18.6 Å². The molecular weight excluding hydrogens is 392 g/mol. The highest BCUT2D eigenvalue weighted by atomic mass is 32.2. The minimum Gasteiger partial charge on any atom is -0.493 e. The molecule has 0 radical (unpaired) electrons. The first kappa shape index (κ1) is 22.5. The second kappa shape index (κ2) is 10.7. The van der Waals surface area contributed by atoms with Gasteiger partial charge < -0.3 is 20.1 Å². The van der Waals surface area contributed by atoms with E-state index in [2.05, 4.69) is 20.3 Å². The number of aliphatic imine (C=N–C) groups is 1. The van der Waals surface area contributed by atoms with E-state index >= 15 is 0 Å². The van der Waals surface area contributed by atoms with Crippen molar-refractivity contribution >= 4 is 21.7 Å². The maximum Gasteiger partial charge on any atom is 0.240 e. The number of hydrogen-bond donors (Lipinski definition) is 3. The number of methoxy groups -OCH3 is 1. The van der Waals surface area contributed by atoms with Crippen LogP contribution in [0.4, 0.5) is 5.69 Å². The van der Waals surface area contributed by atoms with Crippen molar-refractivity contribution in [1.29, 1.82) is 0 Å². The van der Waals surface area contributed by atoms with Crippen LogP contribution in [0.3, 0.4) is 0 Å². The van der Waals surface area contributed by atoms with Gasteiger partial charge in [0, 0.05) is 31.9 Å². The molecule has 0 atom stereocenters. The Bertz CT molecular complexity index is 928. The molecule has 0 aliphatic heterocycles. The Morgan fingerprint density at radius 2 is 1.79 bits per heavy atom. The predicted molar refractivity (Wildman–Crippen MR) is 116 cm³/mol. The lowest BCUT2D eigenvalue weighted by Gasteiger charge is -2.15. The first-order valence-corrected chi connectivity index (χ1v) is 10.7. The Labute approximate surface area is 172 Å².